The number of carbonyl (C=O) groups excluding carboxylic acids is 1. The quantitative estimate of drug-likeness (QED) is 0.787. The predicted octanol–water partition coefficient (Wildman–Crippen LogP) is 1.96. The number of halogens is 1. The van der Waals surface area contributed by atoms with E-state index in [0.717, 1.165) is 6.42 Å². The Hall–Kier alpha value is -2.44. The standard InChI is InChI=1S/C15H16FN3O3/c16-9-2-3-10-11(6-9)19-12(18-10)8-17-13(20)7-15(14(21)22)4-1-5-15/h2-3,6H,1,4-5,7-8H2,(H,17,20)(H,18,19)(H,21,22). The van der Waals surface area contributed by atoms with Crippen molar-refractivity contribution in [2.75, 3.05) is 0 Å². The number of aromatic amines is 1. The van der Waals surface area contributed by atoms with E-state index < -0.39 is 11.4 Å². The molecule has 6 nitrogen and oxygen atoms in total. The first kappa shape index (κ1) is 14.5. The summed E-state index contributed by atoms with van der Waals surface area (Å²) in [5.41, 5.74) is 0.276. The highest BCUT2D eigenvalue weighted by molar-refractivity contribution is 5.85. The van der Waals surface area contributed by atoms with E-state index in [1.807, 2.05) is 0 Å². The molecule has 0 saturated heterocycles. The van der Waals surface area contributed by atoms with Gasteiger partial charge in [0.25, 0.3) is 0 Å². The zero-order chi connectivity index (χ0) is 15.7. The van der Waals surface area contributed by atoms with Gasteiger partial charge in [0, 0.05) is 6.42 Å². The molecular formula is C15H16FN3O3. The van der Waals surface area contributed by atoms with E-state index in [1.54, 1.807) is 6.07 Å². The van der Waals surface area contributed by atoms with E-state index in [2.05, 4.69) is 15.3 Å². The van der Waals surface area contributed by atoms with Gasteiger partial charge in [0.05, 0.1) is 23.0 Å². The van der Waals surface area contributed by atoms with Crippen LogP contribution in [0.1, 0.15) is 31.5 Å². The topological polar surface area (TPSA) is 95.1 Å². The summed E-state index contributed by atoms with van der Waals surface area (Å²) < 4.78 is 13.1. The van der Waals surface area contributed by atoms with Gasteiger partial charge >= 0.3 is 5.97 Å². The van der Waals surface area contributed by atoms with Crippen molar-refractivity contribution in [2.45, 2.75) is 32.2 Å². The largest absolute Gasteiger partial charge is 0.481 e. The second kappa shape index (κ2) is 5.40. The minimum atomic E-state index is -0.909. The molecule has 1 saturated carbocycles. The third-order valence-corrected chi connectivity index (χ3v) is 4.21. The molecule has 1 aromatic heterocycles. The number of nitrogens with one attached hydrogen (secondary N) is 2. The van der Waals surface area contributed by atoms with Crippen molar-refractivity contribution in [3.05, 3.63) is 29.8 Å². The van der Waals surface area contributed by atoms with Gasteiger partial charge in [0.15, 0.2) is 0 Å². The molecule has 0 spiro atoms. The number of H-pyrrole nitrogens is 1. The van der Waals surface area contributed by atoms with Crippen LogP contribution in [0.2, 0.25) is 0 Å². The molecule has 1 aliphatic rings. The van der Waals surface area contributed by atoms with Crippen LogP contribution < -0.4 is 5.32 Å². The molecule has 1 heterocycles. The summed E-state index contributed by atoms with van der Waals surface area (Å²) in [6, 6.07) is 4.21. The molecule has 1 amide bonds. The second-order valence-electron chi connectivity index (χ2n) is 5.74. The van der Waals surface area contributed by atoms with Gasteiger partial charge in [0.2, 0.25) is 5.91 Å². The lowest BCUT2D eigenvalue weighted by Gasteiger charge is -2.36. The summed E-state index contributed by atoms with van der Waals surface area (Å²) in [7, 11) is 0. The molecule has 0 atom stereocenters. The SMILES string of the molecule is O=C(CC1(C(=O)O)CCC1)NCc1nc2ccc(F)cc2[nH]1. The van der Waals surface area contributed by atoms with Gasteiger partial charge in [-0.15, -0.1) is 0 Å². The molecule has 1 aliphatic carbocycles. The Labute approximate surface area is 125 Å². The van der Waals surface area contributed by atoms with Crippen LogP contribution in [0.15, 0.2) is 18.2 Å². The van der Waals surface area contributed by atoms with Crippen LogP contribution in [0.25, 0.3) is 11.0 Å². The fourth-order valence-corrected chi connectivity index (χ4v) is 2.74. The Morgan fingerprint density at radius 3 is 2.82 bits per heavy atom. The minimum Gasteiger partial charge on any atom is -0.481 e. The maximum atomic E-state index is 13.1. The molecular weight excluding hydrogens is 289 g/mol. The van der Waals surface area contributed by atoms with Crippen molar-refractivity contribution >= 4 is 22.9 Å². The van der Waals surface area contributed by atoms with Gasteiger partial charge in [0.1, 0.15) is 11.6 Å². The number of benzene rings is 1. The maximum Gasteiger partial charge on any atom is 0.310 e. The molecule has 7 heteroatoms. The molecule has 1 fully saturated rings. The smallest absolute Gasteiger partial charge is 0.310 e. The number of carboxylic acids is 1. The highest BCUT2D eigenvalue weighted by Crippen LogP contribution is 2.44. The second-order valence-corrected chi connectivity index (χ2v) is 5.74. The zero-order valence-corrected chi connectivity index (χ0v) is 11.9. The fourth-order valence-electron chi connectivity index (χ4n) is 2.74. The van der Waals surface area contributed by atoms with Crippen molar-refractivity contribution in [1.82, 2.24) is 15.3 Å². The highest BCUT2D eigenvalue weighted by Gasteiger charge is 2.45. The average molecular weight is 305 g/mol. The molecule has 22 heavy (non-hydrogen) atoms. The lowest BCUT2D eigenvalue weighted by Crippen LogP contribution is -2.42. The Kier molecular flexibility index (Phi) is 3.56. The lowest BCUT2D eigenvalue weighted by molar-refractivity contribution is -0.157. The van der Waals surface area contributed by atoms with Gasteiger partial charge in [-0.05, 0) is 31.0 Å². The van der Waals surface area contributed by atoms with Crippen LogP contribution in [0, 0.1) is 11.2 Å². The van der Waals surface area contributed by atoms with E-state index in [1.165, 1.54) is 12.1 Å². The van der Waals surface area contributed by atoms with Gasteiger partial charge < -0.3 is 15.4 Å². The molecule has 116 valence electrons. The third-order valence-electron chi connectivity index (χ3n) is 4.21. The van der Waals surface area contributed by atoms with Crippen LogP contribution >= 0.6 is 0 Å². The third kappa shape index (κ3) is 2.66. The monoisotopic (exact) mass is 305 g/mol. The first-order chi connectivity index (χ1) is 10.5. The molecule has 3 rings (SSSR count). The van der Waals surface area contributed by atoms with Gasteiger partial charge in [-0.1, -0.05) is 6.42 Å². The maximum absolute atomic E-state index is 13.1. The summed E-state index contributed by atoms with van der Waals surface area (Å²) in [6.45, 7) is 0.158. The van der Waals surface area contributed by atoms with Gasteiger partial charge in [-0.25, -0.2) is 9.37 Å². The number of aliphatic carboxylic acids is 1. The lowest BCUT2D eigenvalue weighted by atomic mass is 9.66. The number of amides is 1. The van der Waals surface area contributed by atoms with Crippen molar-refractivity contribution in [2.24, 2.45) is 5.41 Å². The van der Waals surface area contributed by atoms with Crippen molar-refractivity contribution in [3.63, 3.8) is 0 Å². The number of carboxylic acid groups (broad SMARTS) is 1. The van der Waals surface area contributed by atoms with Crippen LogP contribution in [-0.4, -0.2) is 27.0 Å². The van der Waals surface area contributed by atoms with E-state index in [0.29, 0.717) is 29.7 Å². The van der Waals surface area contributed by atoms with E-state index >= 15 is 0 Å². The summed E-state index contributed by atoms with van der Waals surface area (Å²) in [4.78, 5) is 30.3. The fraction of sp³-hybridized carbons (Fsp3) is 0.400. The van der Waals surface area contributed by atoms with Gasteiger partial charge in [-0.3, -0.25) is 9.59 Å². The van der Waals surface area contributed by atoms with E-state index in [-0.39, 0.29) is 24.7 Å². The van der Waals surface area contributed by atoms with Crippen LogP contribution in [0.5, 0.6) is 0 Å². The van der Waals surface area contributed by atoms with Crippen molar-refractivity contribution < 1.29 is 19.1 Å². The van der Waals surface area contributed by atoms with Crippen molar-refractivity contribution in [3.8, 4) is 0 Å². The molecule has 1 aromatic carbocycles. The Morgan fingerprint density at radius 2 is 2.18 bits per heavy atom. The average Bonchev–Trinajstić information content (AvgIpc) is 2.82. The molecule has 0 bridgehead atoms. The number of aromatic nitrogens is 2. The Balaban J connectivity index is 1.61. The predicted molar refractivity (Wildman–Crippen MR) is 76.4 cm³/mol. The molecule has 2 aromatic rings. The number of nitrogens with zero attached hydrogens (tertiary/aromatic N) is 1. The molecule has 0 radical (unpaired) electrons. The summed E-state index contributed by atoms with van der Waals surface area (Å²) in [5.74, 6) is -1.08. The zero-order valence-electron chi connectivity index (χ0n) is 11.9. The Bertz CT molecular complexity index is 737. The molecule has 0 unspecified atom stereocenters. The first-order valence-electron chi connectivity index (χ1n) is 7.13. The number of rotatable bonds is 5. The van der Waals surface area contributed by atoms with E-state index in [9.17, 15) is 19.1 Å². The van der Waals surface area contributed by atoms with Crippen LogP contribution in [-0.2, 0) is 16.1 Å². The number of carbonyl (C=O) groups is 2. The van der Waals surface area contributed by atoms with Crippen LogP contribution in [0.3, 0.4) is 0 Å². The normalized spacial score (nSPS) is 16.2. The summed E-state index contributed by atoms with van der Waals surface area (Å²) in [5, 5.41) is 11.9. The summed E-state index contributed by atoms with van der Waals surface area (Å²) in [6.07, 6.45) is 1.91. The van der Waals surface area contributed by atoms with Crippen molar-refractivity contribution in [1.29, 1.82) is 0 Å². The van der Waals surface area contributed by atoms with Crippen LogP contribution in [0.4, 0.5) is 4.39 Å². The number of hydrogen-bond donors (Lipinski definition) is 3. The molecule has 0 aliphatic heterocycles. The summed E-state index contributed by atoms with van der Waals surface area (Å²) >= 11 is 0. The number of fused-ring (bicyclic) bond motifs is 1. The van der Waals surface area contributed by atoms with Gasteiger partial charge in [-0.2, -0.15) is 0 Å². The van der Waals surface area contributed by atoms with E-state index in [4.69, 9.17) is 0 Å². The first-order valence-corrected chi connectivity index (χ1v) is 7.13. The number of hydrogen-bond acceptors (Lipinski definition) is 3. The highest BCUT2D eigenvalue weighted by atomic mass is 19.1. The Morgan fingerprint density at radius 1 is 1.41 bits per heavy atom. The number of imidazole rings is 1. The minimum absolute atomic E-state index is 0.0167. The molecule has 3 N–H and O–H groups in total.